The van der Waals surface area contributed by atoms with Crippen molar-refractivity contribution in [1.82, 2.24) is 14.7 Å². The molecule has 4 fully saturated rings. The van der Waals surface area contributed by atoms with E-state index in [0.29, 0.717) is 26.2 Å². The number of carbonyl (C=O) groups excluding carboxylic acids is 4. The molecule has 1 saturated carbocycles. The van der Waals surface area contributed by atoms with Crippen LogP contribution >= 0.6 is 0 Å². The lowest BCUT2D eigenvalue weighted by molar-refractivity contribution is -0.145. The molecular formula is C23H35N3O5. The van der Waals surface area contributed by atoms with Gasteiger partial charge in [-0.05, 0) is 49.9 Å². The van der Waals surface area contributed by atoms with E-state index in [-0.39, 0.29) is 47.9 Å². The molecule has 0 unspecified atom stereocenters. The molecule has 1 aliphatic carbocycles. The van der Waals surface area contributed by atoms with Crippen LogP contribution < -0.4 is 0 Å². The van der Waals surface area contributed by atoms with Crippen LogP contribution in [0.15, 0.2) is 0 Å². The Balaban J connectivity index is 1.47. The molecule has 3 heterocycles. The van der Waals surface area contributed by atoms with Crippen LogP contribution in [0.5, 0.6) is 0 Å². The van der Waals surface area contributed by atoms with E-state index in [1.807, 2.05) is 14.7 Å². The van der Waals surface area contributed by atoms with E-state index in [4.69, 9.17) is 0 Å². The number of amides is 3. The lowest BCUT2D eigenvalue weighted by atomic mass is 9.65. The van der Waals surface area contributed by atoms with Crippen LogP contribution in [0, 0.1) is 16.7 Å². The van der Waals surface area contributed by atoms with Crippen molar-refractivity contribution in [1.29, 1.82) is 0 Å². The maximum Gasteiger partial charge on any atom is 0.306 e. The third kappa shape index (κ3) is 3.82. The van der Waals surface area contributed by atoms with Gasteiger partial charge in [-0.25, -0.2) is 0 Å². The molecule has 3 saturated heterocycles. The van der Waals surface area contributed by atoms with Crippen LogP contribution in [0.3, 0.4) is 0 Å². The number of nitrogens with zero attached hydrogens (tertiary/aromatic N) is 3. The average molecular weight is 434 g/mol. The summed E-state index contributed by atoms with van der Waals surface area (Å²) < 4.78 is 4.64. The van der Waals surface area contributed by atoms with Gasteiger partial charge in [0.15, 0.2) is 0 Å². The quantitative estimate of drug-likeness (QED) is 0.626. The highest BCUT2D eigenvalue weighted by molar-refractivity contribution is 5.86. The van der Waals surface area contributed by atoms with Crippen LogP contribution in [0.2, 0.25) is 0 Å². The van der Waals surface area contributed by atoms with Gasteiger partial charge in [0.25, 0.3) is 0 Å². The Hall–Kier alpha value is -2.12. The Bertz CT molecular complexity index is 754. The van der Waals surface area contributed by atoms with Crippen molar-refractivity contribution in [3.05, 3.63) is 0 Å². The molecule has 8 heteroatoms. The normalized spacial score (nSPS) is 29.4. The van der Waals surface area contributed by atoms with Crippen LogP contribution in [0.25, 0.3) is 0 Å². The predicted octanol–water partition coefficient (Wildman–Crippen LogP) is 1.43. The molecule has 0 N–H and O–H groups in total. The smallest absolute Gasteiger partial charge is 0.306 e. The molecule has 0 bridgehead atoms. The minimum Gasteiger partial charge on any atom is -0.469 e. The summed E-state index contributed by atoms with van der Waals surface area (Å²) in [6.45, 7) is 5.79. The van der Waals surface area contributed by atoms with Gasteiger partial charge in [0, 0.05) is 52.6 Å². The SMILES string of the molecule is COC(=O)CCC(=O)N1CCC2(CC1)CC[C@@]1(C(=O)N3CCCC3)CN(C(C)=O)C[C@@H]21. The first-order chi connectivity index (χ1) is 14.8. The van der Waals surface area contributed by atoms with Gasteiger partial charge in [0.2, 0.25) is 17.7 Å². The first kappa shape index (κ1) is 22.1. The van der Waals surface area contributed by atoms with E-state index in [1.165, 1.54) is 7.11 Å². The summed E-state index contributed by atoms with van der Waals surface area (Å²) in [7, 11) is 1.33. The standard InChI is InChI=1S/C23H35N3O5/c1-17(27)26-15-18-22(7-8-23(18,16-26)21(30)25-11-3-4-12-25)9-13-24(14-10-22)19(28)5-6-20(29)31-2/h18H,3-16H2,1-2H3/t18-,23+/m0/s1. The lowest BCUT2D eigenvalue weighted by Gasteiger charge is -2.44. The van der Waals surface area contributed by atoms with Gasteiger partial charge >= 0.3 is 5.97 Å². The number of ether oxygens (including phenoxy) is 1. The van der Waals surface area contributed by atoms with Crippen molar-refractivity contribution >= 4 is 23.7 Å². The zero-order valence-corrected chi connectivity index (χ0v) is 18.9. The second-order valence-electron chi connectivity index (χ2n) is 9.93. The van der Waals surface area contributed by atoms with Crippen LogP contribution in [0.1, 0.15) is 58.3 Å². The Labute approximate surface area is 184 Å². The van der Waals surface area contributed by atoms with Crippen LogP contribution in [0.4, 0.5) is 0 Å². The van der Waals surface area contributed by atoms with Gasteiger partial charge < -0.3 is 19.4 Å². The van der Waals surface area contributed by atoms with E-state index in [0.717, 1.165) is 51.6 Å². The number of esters is 1. The molecule has 3 amide bonds. The van der Waals surface area contributed by atoms with Crippen molar-refractivity contribution in [2.45, 2.75) is 58.3 Å². The fourth-order valence-electron chi connectivity index (χ4n) is 6.66. The molecule has 2 atom stereocenters. The zero-order valence-electron chi connectivity index (χ0n) is 18.9. The van der Waals surface area contributed by atoms with E-state index in [2.05, 4.69) is 4.74 Å². The Morgan fingerprint density at radius 2 is 1.55 bits per heavy atom. The van der Waals surface area contributed by atoms with Gasteiger partial charge in [-0.1, -0.05) is 0 Å². The van der Waals surface area contributed by atoms with Crippen molar-refractivity contribution < 1.29 is 23.9 Å². The van der Waals surface area contributed by atoms with E-state index >= 15 is 0 Å². The number of hydrogen-bond donors (Lipinski definition) is 0. The number of carbonyl (C=O) groups is 4. The molecule has 0 aromatic heterocycles. The third-order valence-corrected chi connectivity index (χ3v) is 8.50. The number of piperidine rings is 1. The number of likely N-dealkylation sites (tertiary alicyclic amines) is 3. The Morgan fingerprint density at radius 3 is 2.16 bits per heavy atom. The molecule has 3 aliphatic heterocycles. The van der Waals surface area contributed by atoms with Gasteiger partial charge in [-0.2, -0.15) is 0 Å². The van der Waals surface area contributed by atoms with Crippen molar-refractivity contribution in [3.8, 4) is 0 Å². The van der Waals surface area contributed by atoms with Crippen LogP contribution in [-0.4, -0.2) is 84.8 Å². The summed E-state index contributed by atoms with van der Waals surface area (Å²) >= 11 is 0. The molecule has 4 rings (SSSR count). The largest absolute Gasteiger partial charge is 0.469 e. The summed E-state index contributed by atoms with van der Waals surface area (Å²) in [5, 5.41) is 0. The molecule has 172 valence electrons. The fraction of sp³-hybridized carbons (Fsp3) is 0.826. The van der Waals surface area contributed by atoms with E-state index in [9.17, 15) is 19.2 Å². The highest BCUT2D eigenvalue weighted by Crippen LogP contribution is 2.62. The highest BCUT2D eigenvalue weighted by Gasteiger charge is 2.65. The Kier molecular flexibility index (Phi) is 6.01. The maximum atomic E-state index is 13.7. The number of rotatable bonds is 4. The summed E-state index contributed by atoms with van der Waals surface area (Å²) in [6, 6.07) is 0. The maximum absolute atomic E-state index is 13.7. The monoisotopic (exact) mass is 433 g/mol. The van der Waals surface area contributed by atoms with Crippen molar-refractivity contribution in [3.63, 3.8) is 0 Å². The highest BCUT2D eigenvalue weighted by atomic mass is 16.5. The molecule has 4 aliphatic rings. The minimum absolute atomic E-state index is 0.00515. The first-order valence-electron chi connectivity index (χ1n) is 11.7. The summed E-state index contributed by atoms with van der Waals surface area (Å²) in [4.78, 5) is 55.6. The van der Waals surface area contributed by atoms with E-state index in [1.54, 1.807) is 6.92 Å². The van der Waals surface area contributed by atoms with Crippen molar-refractivity contribution in [2.75, 3.05) is 46.4 Å². The summed E-state index contributed by atoms with van der Waals surface area (Å²) in [5.41, 5.74) is -0.439. The molecule has 1 spiro atoms. The molecule has 0 aromatic carbocycles. The minimum atomic E-state index is -0.451. The van der Waals surface area contributed by atoms with Gasteiger partial charge in [0.05, 0.1) is 18.9 Å². The van der Waals surface area contributed by atoms with Gasteiger partial charge in [-0.15, -0.1) is 0 Å². The topological polar surface area (TPSA) is 87.2 Å². The molecule has 8 nitrogen and oxygen atoms in total. The lowest BCUT2D eigenvalue weighted by Crippen LogP contribution is -2.50. The molecule has 0 aromatic rings. The predicted molar refractivity (Wildman–Crippen MR) is 113 cm³/mol. The second-order valence-corrected chi connectivity index (χ2v) is 9.93. The number of methoxy groups -OCH3 is 1. The van der Waals surface area contributed by atoms with Crippen molar-refractivity contribution in [2.24, 2.45) is 16.7 Å². The number of hydrogen-bond acceptors (Lipinski definition) is 5. The molecule has 31 heavy (non-hydrogen) atoms. The van der Waals surface area contributed by atoms with E-state index < -0.39 is 5.41 Å². The molecular weight excluding hydrogens is 398 g/mol. The summed E-state index contributed by atoms with van der Waals surface area (Å²) in [5.74, 6) is 0.109. The third-order valence-electron chi connectivity index (χ3n) is 8.50. The van der Waals surface area contributed by atoms with Crippen LogP contribution in [-0.2, 0) is 23.9 Å². The summed E-state index contributed by atoms with van der Waals surface area (Å²) in [6.07, 6.45) is 5.98. The average Bonchev–Trinajstić information content (AvgIpc) is 3.49. The first-order valence-corrected chi connectivity index (χ1v) is 11.7. The van der Waals surface area contributed by atoms with Gasteiger partial charge in [0.1, 0.15) is 0 Å². The zero-order chi connectivity index (χ0) is 22.2. The Morgan fingerprint density at radius 1 is 0.871 bits per heavy atom. The molecule has 0 radical (unpaired) electrons. The fourth-order valence-corrected chi connectivity index (χ4v) is 6.66. The second kappa shape index (κ2) is 8.43. The number of fused-ring (bicyclic) bond motifs is 2. The van der Waals surface area contributed by atoms with Gasteiger partial charge in [-0.3, -0.25) is 19.2 Å².